The van der Waals surface area contributed by atoms with Crippen molar-refractivity contribution in [2.24, 2.45) is 16.5 Å². The van der Waals surface area contributed by atoms with Crippen LogP contribution in [0.5, 0.6) is 0 Å². The Morgan fingerprint density at radius 1 is 1.00 bits per heavy atom. The molecule has 2 atom stereocenters. The van der Waals surface area contributed by atoms with Crippen molar-refractivity contribution in [2.75, 3.05) is 0 Å². The number of hydrogen-bond donors (Lipinski definition) is 4. The third-order valence-electron chi connectivity index (χ3n) is 4.51. The Bertz CT molecular complexity index is 740. The average Bonchev–Trinajstić information content (AvgIpc) is 2.60. The maximum atomic E-state index is 6.69. The lowest BCUT2D eigenvalue weighted by Gasteiger charge is -2.44. The number of hydrogen-bond acceptors (Lipinski definition) is 5. The first-order valence-corrected chi connectivity index (χ1v) is 8.82. The fourth-order valence-electron chi connectivity index (χ4n) is 3.07. The summed E-state index contributed by atoms with van der Waals surface area (Å²) in [6.07, 6.45) is 2.80. The highest BCUT2D eigenvalue weighted by molar-refractivity contribution is 5.99. The molecule has 5 heteroatoms. The lowest BCUT2D eigenvalue weighted by atomic mass is 10.0. The van der Waals surface area contributed by atoms with Gasteiger partial charge < -0.3 is 5.32 Å². The third kappa shape index (κ3) is 3.90. The Morgan fingerprint density at radius 3 is 2.32 bits per heavy atom. The molecule has 0 spiro atoms. The zero-order valence-corrected chi connectivity index (χ0v) is 14.9. The molecule has 0 aliphatic carbocycles. The smallest absolute Gasteiger partial charge is 0.193 e. The summed E-state index contributed by atoms with van der Waals surface area (Å²) >= 11 is 0. The molecule has 2 unspecified atom stereocenters. The van der Waals surface area contributed by atoms with Crippen LogP contribution in [0.25, 0.3) is 0 Å². The predicted octanol–water partition coefficient (Wildman–Crippen LogP) is 2.51. The highest BCUT2D eigenvalue weighted by Gasteiger charge is 2.41. The number of nitrogens with two attached hydrogens (primary N) is 2. The van der Waals surface area contributed by atoms with Crippen molar-refractivity contribution in [1.82, 2.24) is 10.6 Å². The van der Waals surface area contributed by atoms with E-state index in [2.05, 4.69) is 24.5 Å². The molecular formula is C20H27N5. The van der Waals surface area contributed by atoms with Crippen molar-refractivity contribution in [1.29, 1.82) is 0 Å². The van der Waals surface area contributed by atoms with Crippen LogP contribution in [0, 0.1) is 6.92 Å². The molecule has 3 rings (SSSR count). The Morgan fingerprint density at radius 2 is 1.68 bits per heavy atom. The second-order valence-electron chi connectivity index (χ2n) is 6.78. The van der Waals surface area contributed by atoms with Gasteiger partial charge >= 0.3 is 0 Å². The Hall–Kier alpha value is -2.21. The molecule has 0 amide bonds. The minimum absolute atomic E-state index is 0.709. The van der Waals surface area contributed by atoms with Crippen molar-refractivity contribution in [3.05, 3.63) is 71.3 Å². The van der Waals surface area contributed by atoms with E-state index in [1.54, 1.807) is 0 Å². The largest absolute Gasteiger partial charge is 0.340 e. The molecule has 6 N–H and O–H groups in total. The number of nitrogens with one attached hydrogen (secondary N) is 2. The third-order valence-corrected chi connectivity index (χ3v) is 4.51. The molecule has 0 saturated carbocycles. The minimum Gasteiger partial charge on any atom is -0.340 e. The molecule has 5 nitrogen and oxygen atoms in total. The Balaban J connectivity index is 2.04. The number of nitrogens with zero attached hydrogens (tertiary/aromatic N) is 1. The Labute approximate surface area is 149 Å². The number of aliphatic imine (C=N–C) groups is 1. The van der Waals surface area contributed by atoms with Gasteiger partial charge in [-0.3, -0.25) is 11.5 Å². The van der Waals surface area contributed by atoms with Gasteiger partial charge in [0.05, 0.1) is 0 Å². The first-order valence-electron chi connectivity index (χ1n) is 8.82. The molecule has 1 heterocycles. The van der Waals surface area contributed by atoms with Gasteiger partial charge in [0.25, 0.3) is 0 Å². The first-order chi connectivity index (χ1) is 11.9. The second-order valence-corrected chi connectivity index (χ2v) is 6.78. The number of aryl methyl sites for hydroxylation is 1. The van der Waals surface area contributed by atoms with Crippen LogP contribution in [-0.2, 0) is 5.79 Å². The van der Waals surface area contributed by atoms with Gasteiger partial charge in [0.2, 0.25) is 0 Å². The normalized spacial score (nSPS) is 26.0. The molecule has 2 aromatic rings. The summed E-state index contributed by atoms with van der Waals surface area (Å²) in [5.41, 5.74) is 16.4. The molecule has 0 radical (unpaired) electrons. The summed E-state index contributed by atoms with van der Waals surface area (Å²) < 4.78 is 0. The molecule has 2 aromatic carbocycles. The van der Waals surface area contributed by atoms with Gasteiger partial charge in [-0.05, 0) is 19.8 Å². The zero-order chi connectivity index (χ0) is 17.9. The summed E-state index contributed by atoms with van der Waals surface area (Å²) in [5.74, 6) is -1.18. The molecule has 0 fully saturated rings. The second kappa shape index (κ2) is 6.96. The van der Waals surface area contributed by atoms with Crippen LogP contribution in [0.3, 0.4) is 0 Å². The molecule has 0 saturated heterocycles. The van der Waals surface area contributed by atoms with Gasteiger partial charge in [-0.25, -0.2) is 10.3 Å². The molecule has 0 aromatic heterocycles. The fraction of sp³-hybridized carbons (Fsp3) is 0.350. The van der Waals surface area contributed by atoms with Gasteiger partial charge in [0, 0.05) is 11.1 Å². The topological polar surface area (TPSA) is 88.5 Å². The number of unbranched alkanes of at least 4 members (excludes halogenated alkanes) is 1. The lowest BCUT2D eigenvalue weighted by molar-refractivity contribution is 0.167. The van der Waals surface area contributed by atoms with E-state index in [0.29, 0.717) is 5.84 Å². The minimum atomic E-state index is -1.08. The van der Waals surface area contributed by atoms with E-state index in [1.165, 1.54) is 5.56 Å². The number of rotatable bonds is 5. The van der Waals surface area contributed by atoms with E-state index < -0.39 is 11.6 Å². The highest BCUT2D eigenvalue weighted by Crippen LogP contribution is 2.25. The molecular weight excluding hydrogens is 310 g/mol. The summed E-state index contributed by atoms with van der Waals surface area (Å²) in [6.45, 7) is 4.20. The monoisotopic (exact) mass is 337 g/mol. The number of benzene rings is 2. The van der Waals surface area contributed by atoms with Crippen LogP contribution < -0.4 is 22.1 Å². The molecule has 25 heavy (non-hydrogen) atoms. The van der Waals surface area contributed by atoms with E-state index in [9.17, 15) is 0 Å². The summed E-state index contributed by atoms with van der Waals surface area (Å²) in [7, 11) is 0. The molecule has 1 aliphatic heterocycles. The van der Waals surface area contributed by atoms with E-state index >= 15 is 0 Å². The summed E-state index contributed by atoms with van der Waals surface area (Å²) in [5, 5.41) is 6.69. The standard InChI is InChI=1S/C20H27N5/c1-3-4-14-19(21)23-18(16-8-6-5-7-9-16)24-20(22,25-19)17-12-10-15(2)11-13-17/h5-13,25H,3-4,14,21-22H2,1-2H3,(H,23,24). The summed E-state index contributed by atoms with van der Waals surface area (Å²) in [6, 6.07) is 18.0. The van der Waals surface area contributed by atoms with Gasteiger partial charge in [-0.15, -0.1) is 0 Å². The van der Waals surface area contributed by atoms with Crippen LogP contribution in [-0.4, -0.2) is 11.6 Å². The predicted molar refractivity (Wildman–Crippen MR) is 103 cm³/mol. The average molecular weight is 337 g/mol. The van der Waals surface area contributed by atoms with Crippen molar-refractivity contribution < 1.29 is 0 Å². The van der Waals surface area contributed by atoms with Crippen LogP contribution in [0.1, 0.15) is 42.9 Å². The first kappa shape index (κ1) is 17.6. The van der Waals surface area contributed by atoms with Crippen LogP contribution >= 0.6 is 0 Å². The quantitative estimate of drug-likeness (QED) is 0.675. The van der Waals surface area contributed by atoms with E-state index in [0.717, 1.165) is 30.4 Å². The lowest BCUT2D eigenvalue weighted by Crippen LogP contribution is -2.75. The van der Waals surface area contributed by atoms with Crippen molar-refractivity contribution in [2.45, 2.75) is 44.7 Å². The van der Waals surface area contributed by atoms with Crippen LogP contribution in [0.2, 0.25) is 0 Å². The van der Waals surface area contributed by atoms with Gasteiger partial charge in [-0.2, -0.15) is 0 Å². The van der Waals surface area contributed by atoms with E-state index in [4.69, 9.17) is 16.5 Å². The zero-order valence-electron chi connectivity index (χ0n) is 14.9. The van der Waals surface area contributed by atoms with Gasteiger partial charge in [0.15, 0.2) is 5.79 Å². The Kier molecular flexibility index (Phi) is 4.90. The molecule has 1 aliphatic rings. The van der Waals surface area contributed by atoms with Crippen LogP contribution in [0.4, 0.5) is 0 Å². The molecule has 132 valence electrons. The van der Waals surface area contributed by atoms with Crippen molar-refractivity contribution >= 4 is 5.84 Å². The van der Waals surface area contributed by atoms with Gasteiger partial charge in [-0.1, -0.05) is 73.5 Å². The highest BCUT2D eigenvalue weighted by atomic mass is 15.5. The van der Waals surface area contributed by atoms with Crippen molar-refractivity contribution in [3.63, 3.8) is 0 Å². The SMILES string of the molecule is CCCCC1(N)NC(c2ccccc2)=NC(N)(c2ccc(C)cc2)N1. The summed E-state index contributed by atoms with van der Waals surface area (Å²) in [4.78, 5) is 4.78. The van der Waals surface area contributed by atoms with E-state index in [-0.39, 0.29) is 0 Å². The van der Waals surface area contributed by atoms with E-state index in [1.807, 2.05) is 54.6 Å². The number of amidine groups is 1. The van der Waals surface area contributed by atoms with Crippen LogP contribution in [0.15, 0.2) is 59.6 Å². The maximum absolute atomic E-state index is 6.69. The fourth-order valence-corrected chi connectivity index (χ4v) is 3.07. The van der Waals surface area contributed by atoms with Gasteiger partial charge in [0.1, 0.15) is 11.6 Å². The van der Waals surface area contributed by atoms with Crippen molar-refractivity contribution in [3.8, 4) is 0 Å². The maximum Gasteiger partial charge on any atom is 0.193 e. The molecule has 0 bridgehead atoms.